The van der Waals surface area contributed by atoms with Crippen LogP contribution in [0.5, 0.6) is 0 Å². The first-order valence-electron chi connectivity index (χ1n) is 6.29. The van der Waals surface area contributed by atoms with Crippen LogP contribution in [0.25, 0.3) is 0 Å². The fourth-order valence-electron chi connectivity index (χ4n) is 2.32. The van der Waals surface area contributed by atoms with Gasteiger partial charge >= 0.3 is 0 Å². The van der Waals surface area contributed by atoms with E-state index in [1.165, 1.54) is 0 Å². The molecule has 1 aliphatic rings. The van der Waals surface area contributed by atoms with E-state index in [0.29, 0.717) is 24.4 Å². The summed E-state index contributed by atoms with van der Waals surface area (Å²) in [5, 5.41) is 11.1. The van der Waals surface area contributed by atoms with Crippen LogP contribution in [0.4, 0.5) is 0 Å². The van der Waals surface area contributed by atoms with E-state index in [1.807, 2.05) is 17.7 Å². The summed E-state index contributed by atoms with van der Waals surface area (Å²) in [6.07, 6.45) is 2.88. The summed E-state index contributed by atoms with van der Waals surface area (Å²) in [4.78, 5) is 14.0. The molecule has 2 heterocycles. The third kappa shape index (κ3) is 3.27. The predicted octanol–water partition coefficient (Wildman–Crippen LogP) is 1.89. The van der Waals surface area contributed by atoms with Crippen molar-refractivity contribution in [3.05, 3.63) is 23.0 Å². The Bertz CT molecular complexity index is 469. The van der Waals surface area contributed by atoms with Gasteiger partial charge in [0, 0.05) is 26.0 Å². The van der Waals surface area contributed by atoms with Gasteiger partial charge < -0.3 is 14.6 Å². The number of halogens is 1. The maximum Gasteiger partial charge on any atom is 0.254 e. The highest BCUT2D eigenvalue weighted by atomic mass is 35.5. The van der Waals surface area contributed by atoms with Crippen molar-refractivity contribution >= 4 is 29.3 Å². The van der Waals surface area contributed by atoms with Gasteiger partial charge in [-0.2, -0.15) is 11.8 Å². The number of nitrogens with zero attached hydrogens (tertiary/aromatic N) is 2. The van der Waals surface area contributed by atoms with Gasteiger partial charge in [-0.15, -0.1) is 0 Å². The minimum Gasteiger partial charge on any atom is -0.380 e. The lowest BCUT2D eigenvalue weighted by Gasteiger charge is -2.34. The molecule has 1 saturated heterocycles. The Morgan fingerprint density at radius 1 is 1.58 bits per heavy atom. The average Bonchev–Trinajstić information content (AvgIpc) is 2.67. The van der Waals surface area contributed by atoms with E-state index in [1.54, 1.807) is 29.9 Å². The Labute approximate surface area is 122 Å². The fourth-order valence-corrected chi connectivity index (χ4v) is 3.76. The third-order valence-corrected chi connectivity index (χ3v) is 4.73. The van der Waals surface area contributed by atoms with E-state index < -0.39 is 5.60 Å². The molecular formula is C13H19ClN2O2S. The molecule has 1 N–H and O–H groups in total. The van der Waals surface area contributed by atoms with E-state index >= 15 is 0 Å². The normalized spacial score (nSPS) is 18.3. The summed E-state index contributed by atoms with van der Waals surface area (Å²) >= 11 is 7.71. The van der Waals surface area contributed by atoms with Crippen molar-refractivity contribution in [2.45, 2.75) is 25.0 Å². The molecule has 2 rings (SSSR count). The second kappa shape index (κ2) is 5.77. The van der Waals surface area contributed by atoms with E-state index in [2.05, 4.69) is 0 Å². The molecule has 106 valence electrons. The minimum absolute atomic E-state index is 0.190. The fraction of sp³-hybridized carbons (Fsp3) is 0.615. The molecule has 0 unspecified atom stereocenters. The van der Waals surface area contributed by atoms with Crippen molar-refractivity contribution in [3.8, 4) is 0 Å². The van der Waals surface area contributed by atoms with Crippen molar-refractivity contribution in [1.82, 2.24) is 9.47 Å². The van der Waals surface area contributed by atoms with Gasteiger partial charge in [-0.1, -0.05) is 11.6 Å². The van der Waals surface area contributed by atoms with E-state index in [4.69, 9.17) is 11.6 Å². The maximum atomic E-state index is 12.4. The van der Waals surface area contributed by atoms with Gasteiger partial charge in [-0.05, 0) is 30.4 Å². The van der Waals surface area contributed by atoms with Crippen LogP contribution >= 0.6 is 23.4 Å². The number of hydrogen-bond donors (Lipinski definition) is 1. The van der Waals surface area contributed by atoms with Gasteiger partial charge in [0.1, 0.15) is 5.60 Å². The maximum absolute atomic E-state index is 12.4. The molecule has 1 aromatic heterocycles. The van der Waals surface area contributed by atoms with Crippen molar-refractivity contribution in [2.75, 3.05) is 18.6 Å². The molecule has 0 atom stereocenters. The van der Waals surface area contributed by atoms with Gasteiger partial charge in [0.25, 0.3) is 5.91 Å². The van der Waals surface area contributed by atoms with Crippen LogP contribution in [0.15, 0.2) is 12.3 Å². The number of carbonyl (C=O) groups excluding carboxylic acids is 1. The van der Waals surface area contributed by atoms with Crippen molar-refractivity contribution in [3.63, 3.8) is 0 Å². The lowest BCUT2D eigenvalue weighted by Crippen LogP contribution is -2.49. The number of amides is 1. The molecule has 0 spiro atoms. The second-order valence-corrected chi connectivity index (χ2v) is 6.73. The lowest BCUT2D eigenvalue weighted by atomic mass is 9.95. The van der Waals surface area contributed by atoms with Crippen molar-refractivity contribution in [2.24, 2.45) is 7.05 Å². The number of aliphatic hydroxyl groups is 1. The zero-order chi connectivity index (χ0) is 14.0. The van der Waals surface area contributed by atoms with Crippen LogP contribution in [0.3, 0.4) is 0 Å². The average molecular weight is 303 g/mol. The highest BCUT2D eigenvalue weighted by Crippen LogP contribution is 2.29. The molecule has 0 radical (unpaired) electrons. The summed E-state index contributed by atoms with van der Waals surface area (Å²) in [6.45, 7) is 0.456. The number of likely N-dealkylation sites (N-methyl/N-ethyl adjacent to an activating group) is 1. The molecule has 0 saturated carbocycles. The molecule has 19 heavy (non-hydrogen) atoms. The molecule has 4 nitrogen and oxygen atoms in total. The third-order valence-electron chi connectivity index (χ3n) is 3.54. The topological polar surface area (TPSA) is 45.5 Å². The van der Waals surface area contributed by atoms with Gasteiger partial charge in [-0.25, -0.2) is 0 Å². The van der Waals surface area contributed by atoms with Crippen molar-refractivity contribution < 1.29 is 9.90 Å². The Balaban J connectivity index is 2.05. The second-order valence-electron chi connectivity index (χ2n) is 5.07. The Morgan fingerprint density at radius 2 is 2.21 bits per heavy atom. The first kappa shape index (κ1) is 14.8. The quantitative estimate of drug-likeness (QED) is 0.927. The molecule has 1 fully saturated rings. The van der Waals surface area contributed by atoms with Crippen LogP contribution in [0.2, 0.25) is 5.02 Å². The minimum atomic E-state index is -1.19. The highest BCUT2D eigenvalue weighted by Gasteiger charge is 2.39. The van der Waals surface area contributed by atoms with Crippen LogP contribution in [0.1, 0.15) is 18.5 Å². The van der Waals surface area contributed by atoms with Gasteiger partial charge in [-0.3, -0.25) is 4.79 Å². The van der Waals surface area contributed by atoms with Gasteiger partial charge in [0.15, 0.2) is 0 Å². The smallest absolute Gasteiger partial charge is 0.254 e. The summed E-state index contributed by atoms with van der Waals surface area (Å²) in [5.74, 6) is 1.49. The van der Waals surface area contributed by atoms with Gasteiger partial charge in [0.2, 0.25) is 0 Å². The summed E-state index contributed by atoms with van der Waals surface area (Å²) in [7, 11) is 3.62. The number of carbonyl (C=O) groups is 1. The molecular weight excluding hydrogens is 284 g/mol. The van der Waals surface area contributed by atoms with E-state index in [-0.39, 0.29) is 5.91 Å². The lowest BCUT2D eigenvalue weighted by molar-refractivity contribution is -0.151. The SMILES string of the molecule is CN(Cc1cc(Cl)cn1C)C(=O)C1(O)CCSCC1. The first-order chi connectivity index (χ1) is 8.92. The molecule has 1 amide bonds. The number of rotatable bonds is 3. The Hall–Kier alpha value is -0.650. The number of aromatic nitrogens is 1. The number of hydrogen-bond acceptors (Lipinski definition) is 3. The molecule has 6 heteroatoms. The Kier molecular flexibility index (Phi) is 4.48. The molecule has 0 bridgehead atoms. The van der Waals surface area contributed by atoms with E-state index in [9.17, 15) is 9.90 Å². The molecule has 1 aliphatic heterocycles. The zero-order valence-corrected chi connectivity index (χ0v) is 12.8. The van der Waals surface area contributed by atoms with E-state index in [0.717, 1.165) is 17.2 Å². The summed E-state index contributed by atoms with van der Waals surface area (Å²) in [5.41, 5.74) is -0.232. The molecule has 0 aliphatic carbocycles. The first-order valence-corrected chi connectivity index (χ1v) is 7.82. The Morgan fingerprint density at radius 3 is 2.74 bits per heavy atom. The largest absolute Gasteiger partial charge is 0.380 e. The monoisotopic (exact) mass is 302 g/mol. The highest BCUT2D eigenvalue weighted by molar-refractivity contribution is 7.99. The van der Waals surface area contributed by atoms with Gasteiger partial charge in [0.05, 0.1) is 11.6 Å². The van der Waals surface area contributed by atoms with Crippen LogP contribution in [-0.4, -0.2) is 44.6 Å². The summed E-state index contributed by atoms with van der Waals surface area (Å²) < 4.78 is 1.90. The predicted molar refractivity (Wildman–Crippen MR) is 78.4 cm³/mol. The molecule has 1 aromatic rings. The van der Waals surface area contributed by atoms with Crippen LogP contribution in [-0.2, 0) is 18.4 Å². The molecule has 0 aromatic carbocycles. The zero-order valence-electron chi connectivity index (χ0n) is 11.2. The standard InChI is InChI=1S/C13H19ClN2O2S/c1-15-8-10(14)7-11(15)9-16(2)12(17)13(18)3-5-19-6-4-13/h7-8,18H,3-6,9H2,1-2H3. The van der Waals surface area contributed by atoms with Crippen LogP contribution in [0, 0.1) is 0 Å². The van der Waals surface area contributed by atoms with Crippen molar-refractivity contribution in [1.29, 1.82) is 0 Å². The number of thioether (sulfide) groups is 1. The van der Waals surface area contributed by atoms with Crippen LogP contribution < -0.4 is 0 Å². The number of aryl methyl sites for hydroxylation is 1. The summed E-state index contributed by atoms with van der Waals surface area (Å²) in [6, 6.07) is 1.84.